The molecule has 2 saturated heterocycles. The highest BCUT2D eigenvalue weighted by atomic mass is 15.4. The maximum absolute atomic E-state index is 4.80. The Morgan fingerprint density at radius 1 is 0.812 bits per heavy atom. The number of aromatic nitrogens is 3. The number of hydrazone groups is 1. The smallest absolute Gasteiger partial charge is 0.250 e. The van der Waals surface area contributed by atoms with Crippen LogP contribution in [0, 0.1) is 0 Å². The van der Waals surface area contributed by atoms with Gasteiger partial charge in [0.15, 0.2) is 0 Å². The third-order valence-corrected chi connectivity index (χ3v) is 5.91. The van der Waals surface area contributed by atoms with Gasteiger partial charge in [-0.25, -0.2) is 5.43 Å². The predicted molar refractivity (Wildman–Crippen MR) is 134 cm³/mol. The van der Waals surface area contributed by atoms with Crippen molar-refractivity contribution in [1.82, 2.24) is 15.0 Å². The van der Waals surface area contributed by atoms with E-state index in [4.69, 9.17) is 4.98 Å². The van der Waals surface area contributed by atoms with E-state index in [2.05, 4.69) is 59.5 Å². The van der Waals surface area contributed by atoms with Crippen LogP contribution in [0.5, 0.6) is 0 Å². The lowest BCUT2D eigenvalue weighted by atomic mass is 10.1. The first-order valence-corrected chi connectivity index (χ1v) is 11.7. The monoisotopic (exact) mass is 434 g/mol. The zero-order valence-corrected chi connectivity index (χ0v) is 19.2. The van der Waals surface area contributed by atoms with Gasteiger partial charge in [0.05, 0.1) is 0 Å². The Labute approximate surface area is 191 Å². The maximum Gasteiger partial charge on any atom is 0.250 e. The average Bonchev–Trinajstić information content (AvgIpc) is 2.85. The summed E-state index contributed by atoms with van der Waals surface area (Å²) in [6.07, 6.45) is 13.0. The van der Waals surface area contributed by atoms with Crippen molar-refractivity contribution in [3.63, 3.8) is 0 Å². The number of nitrogens with zero attached hydrogens (tertiary/aromatic N) is 7. The number of benzene rings is 1. The lowest BCUT2D eigenvalue weighted by molar-refractivity contribution is 0.556. The number of piperidine rings is 2. The van der Waals surface area contributed by atoms with Crippen molar-refractivity contribution in [1.29, 1.82) is 0 Å². The minimum Gasteiger partial charge on any atom is -0.378 e. The Hall–Kier alpha value is -3.16. The van der Waals surface area contributed by atoms with Crippen molar-refractivity contribution in [2.45, 2.75) is 38.5 Å². The van der Waals surface area contributed by atoms with E-state index in [1.165, 1.54) is 44.2 Å². The lowest BCUT2D eigenvalue weighted by Crippen LogP contribution is -2.34. The second-order valence-corrected chi connectivity index (χ2v) is 8.59. The van der Waals surface area contributed by atoms with Crippen LogP contribution in [0.3, 0.4) is 0 Å². The minimum atomic E-state index is 0.501. The molecule has 0 amide bonds. The second kappa shape index (κ2) is 10.9. The Balaban J connectivity index is 1.44. The summed E-state index contributed by atoms with van der Waals surface area (Å²) in [5.41, 5.74) is 5.32. The van der Waals surface area contributed by atoms with Crippen LogP contribution in [0.1, 0.15) is 44.1 Å². The summed E-state index contributed by atoms with van der Waals surface area (Å²) in [7, 11) is 4.08. The number of nitrogens with one attached hydrogen (secondary N) is 1. The van der Waals surface area contributed by atoms with Crippen molar-refractivity contribution < 1.29 is 0 Å². The molecule has 0 spiro atoms. The molecule has 0 aliphatic carbocycles. The van der Waals surface area contributed by atoms with Crippen LogP contribution in [0.25, 0.3) is 6.08 Å². The van der Waals surface area contributed by atoms with Gasteiger partial charge in [0.1, 0.15) is 0 Å². The largest absolute Gasteiger partial charge is 0.378 e. The highest BCUT2D eigenvalue weighted by Crippen LogP contribution is 2.22. The fraction of sp³-hybridized carbons (Fsp3) is 0.500. The molecule has 1 N–H and O–H groups in total. The quantitative estimate of drug-likeness (QED) is 0.521. The maximum atomic E-state index is 4.80. The van der Waals surface area contributed by atoms with E-state index < -0.39 is 0 Å². The lowest BCUT2D eigenvalue weighted by Gasteiger charge is -2.30. The van der Waals surface area contributed by atoms with Gasteiger partial charge < -0.3 is 14.7 Å². The molecule has 2 aliphatic heterocycles. The number of anilines is 4. The molecule has 2 fully saturated rings. The molecule has 170 valence electrons. The zero-order valence-electron chi connectivity index (χ0n) is 19.2. The first-order chi connectivity index (χ1) is 15.7. The van der Waals surface area contributed by atoms with Crippen LogP contribution in [0.4, 0.5) is 23.5 Å². The van der Waals surface area contributed by atoms with Crippen LogP contribution in [-0.4, -0.2) is 61.4 Å². The van der Waals surface area contributed by atoms with Crippen LogP contribution in [0.2, 0.25) is 0 Å². The van der Waals surface area contributed by atoms with E-state index in [1.807, 2.05) is 26.2 Å². The molecule has 0 unspecified atom stereocenters. The third kappa shape index (κ3) is 5.96. The van der Waals surface area contributed by atoms with Crippen molar-refractivity contribution in [3.05, 3.63) is 35.9 Å². The molecular weight excluding hydrogens is 400 g/mol. The van der Waals surface area contributed by atoms with Crippen LogP contribution < -0.4 is 20.1 Å². The Kier molecular flexibility index (Phi) is 7.53. The van der Waals surface area contributed by atoms with E-state index in [0.29, 0.717) is 5.95 Å². The van der Waals surface area contributed by atoms with E-state index >= 15 is 0 Å². The molecule has 3 heterocycles. The topological polar surface area (TPSA) is 72.8 Å². The van der Waals surface area contributed by atoms with Crippen LogP contribution in [0.15, 0.2) is 35.4 Å². The Morgan fingerprint density at radius 3 is 1.91 bits per heavy atom. The molecule has 32 heavy (non-hydrogen) atoms. The molecular formula is C24H34N8. The van der Waals surface area contributed by atoms with Gasteiger partial charge in [-0.15, -0.1) is 0 Å². The summed E-state index contributed by atoms with van der Waals surface area (Å²) in [6, 6.07) is 8.39. The summed E-state index contributed by atoms with van der Waals surface area (Å²) >= 11 is 0. The molecule has 0 bridgehead atoms. The van der Waals surface area contributed by atoms with Gasteiger partial charge in [-0.2, -0.15) is 20.1 Å². The first-order valence-electron chi connectivity index (χ1n) is 11.7. The SMILES string of the molecule is CN(C)c1ccc(/C=C\C=N/Nc2nc(N3CCCCC3)nc(N3CCCCC3)n2)cc1. The van der Waals surface area contributed by atoms with Gasteiger partial charge in [0.25, 0.3) is 0 Å². The second-order valence-electron chi connectivity index (χ2n) is 8.59. The number of hydrogen-bond donors (Lipinski definition) is 1. The van der Waals surface area contributed by atoms with E-state index in [-0.39, 0.29) is 0 Å². The molecule has 1 aromatic carbocycles. The molecule has 8 heteroatoms. The van der Waals surface area contributed by atoms with Crippen molar-refractivity contribution >= 4 is 35.8 Å². The average molecular weight is 435 g/mol. The number of hydrogen-bond acceptors (Lipinski definition) is 8. The standard InChI is InChI=1S/C24H34N8/c1-30(2)21-13-11-20(12-14-21)10-9-15-25-29-22-26-23(31-16-5-3-6-17-31)28-24(27-22)32-18-7-4-8-19-32/h9-15H,3-8,16-19H2,1-2H3,(H,26,27,28,29)/b10-9-,25-15-. The zero-order chi connectivity index (χ0) is 22.2. The fourth-order valence-electron chi connectivity index (χ4n) is 4.05. The highest BCUT2D eigenvalue weighted by Gasteiger charge is 2.20. The molecule has 4 rings (SSSR count). The third-order valence-electron chi connectivity index (χ3n) is 5.91. The number of rotatable bonds is 7. The van der Waals surface area contributed by atoms with Crippen LogP contribution >= 0.6 is 0 Å². The molecule has 1 aromatic heterocycles. The summed E-state index contributed by atoms with van der Waals surface area (Å²) in [4.78, 5) is 20.7. The van der Waals surface area contributed by atoms with Gasteiger partial charge in [0, 0.05) is 52.2 Å². The summed E-state index contributed by atoms with van der Waals surface area (Å²) in [5, 5.41) is 4.32. The molecule has 2 aromatic rings. The van der Waals surface area contributed by atoms with Gasteiger partial charge in [-0.1, -0.05) is 18.2 Å². The Bertz CT molecular complexity index is 874. The highest BCUT2D eigenvalue weighted by molar-refractivity contribution is 5.78. The van der Waals surface area contributed by atoms with Gasteiger partial charge in [0.2, 0.25) is 17.8 Å². The van der Waals surface area contributed by atoms with E-state index in [0.717, 1.165) is 43.6 Å². The molecule has 0 saturated carbocycles. The van der Waals surface area contributed by atoms with E-state index in [1.54, 1.807) is 6.21 Å². The van der Waals surface area contributed by atoms with Crippen molar-refractivity contribution in [3.8, 4) is 0 Å². The van der Waals surface area contributed by atoms with Gasteiger partial charge >= 0.3 is 0 Å². The molecule has 8 nitrogen and oxygen atoms in total. The molecule has 2 aliphatic rings. The molecule has 0 radical (unpaired) electrons. The minimum absolute atomic E-state index is 0.501. The summed E-state index contributed by atoms with van der Waals surface area (Å²) < 4.78 is 0. The first kappa shape index (κ1) is 22.0. The van der Waals surface area contributed by atoms with E-state index in [9.17, 15) is 0 Å². The molecule has 0 atom stereocenters. The normalized spacial score (nSPS) is 17.3. The van der Waals surface area contributed by atoms with Crippen molar-refractivity contribution in [2.75, 3.05) is 60.4 Å². The Morgan fingerprint density at radius 2 is 1.38 bits per heavy atom. The number of allylic oxidation sites excluding steroid dienone is 1. The van der Waals surface area contributed by atoms with Crippen LogP contribution in [-0.2, 0) is 0 Å². The van der Waals surface area contributed by atoms with Crippen molar-refractivity contribution in [2.24, 2.45) is 5.10 Å². The van der Waals surface area contributed by atoms with Gasteiger partial charge in [-0.3, -0.25) is 0 Å². The fourth-order valence-corrected chi connectivity index (χ4v) is 4.05. The summed E-state index contributed by atoms with van der Waals surface area (Å²) in [5.74, 6) is 2.02. The van der Waals surface area contributed by atoms with Gasteiger partial charge in [-0.05, 0) is 62.3 Å². The summed E-state index contributed by atoms with van der Waals surface area (Å²) in [6.45, 7) is 4.01. The predicted octanol–water partition coefficient (Wildman–Crippen LogP) is 4.03.